The van der Waals surface area contributed by atoms with Crippen molar-refractivity contribution in [2.45, 2.75) is 6.92 Å². The van der Waals surface area contributed by atoms with Crippen molar-refractivity contribution in [3.63, 3.8) is 0 Å². The molecule has 0 aromatic heterocycles. The van der Waals surface area contributed by atoms with Crippen molar-refractivity contribution < 1.29 is 14.7 Å². The number of carbonyl (C=O) groups excluding carboxylic acids is 1. The van der Waals surface area contributed by atoms with Gasteiger partial charge in [-0.1, -0.05) is 17.7 Å². The van der Waals surface area contributed by atoms with E-state index in [9.17, 15) is 9.59 Å². The van der Waals surface area contributed by atoms with Gasteiger partial charge in [0.25, 0.3) is 5.91 Å². The lowest BCUT2D eigenvalue weighted by Gasteiger charge is -2.05. The molecule has 1 amide bonds. The Morgan fingerprint density at radius 2 is 1.42 bits per heavy atom. The molecule has 0 spiro atoms. The Morgan fingerprint density at radius 3 is 1.95 bits per heavy atom. The zero-order chi connectivity index (χ0) is 13.8. The van der Waals surface area contributed by atoms with Crippen LogP contribution in [0.15, 0.2) is 48.5 Å². The highest BCUT2D eigenvalue weighted by Gasteiger charge is 2.07. The molecule has 2 N–H and O–H groups in total. The lowest BCUT2D eigenvalue weighted by molar-refractivity contribution is 0.0696. The number of aryl methyl sites for hydroxylation is 1. The van der Waals surface area contributed by atoms with Crippen molar-refractivity contribution in [3.05, 3.63) is 65.2 Å². The number of aromatic carboxylic acids is 1. The van der Waals surface area contributed by atoms with Crippen LogP contribution in [0.5, 0.6) is 0 Å². The van der Waals surface area contributed by atoms with Gasteiger partial charge in [0, 0.05) is 11.3 Å². The van der Waals surface area contributed by atoms with Crippen molar-refractivity contribution in [1.82, 2.24) is 0 Å². The fraction of sp³-hybridized carbons (Fsp3) is 0.0667. The van der Waals surface area contributed by atoms with E-state index in [0.717, 1.165) is 5.56 Å². The second-order valence-corrected chi connectivity index (χ2v) is 4.20. The van der Waals surface area contributed by atoms with Gasteiger partial charge in [0.2, 0.25) is 0 Å². The van der Waals surface area contributed by atoms with E-state index in [0.29, 0.717) is 11.3 Å². The van der Waals surface area contributed by atoms with Gasteiger partial charge in [0.15, 0.2) is 0 Å². The SMILES string of the molecule is Cc1ccc(NC(=O)c2ccc(C(=O)O)cc2)cc1. The minimum absolute atomic E-state index is 0.159. The molecule has 2 rings (SSSR count). The molecule has 0 aliphatic rings. The van der Waals surface area contributed by atoms with Crippen LogP contribution in [0.25, 0.3) is 0 Å². The summed E-state index contributed by atoms with van der Waals surface area (Å²) >= 11 is 0. The number of carboxylic acids is 1. The molecule has 0 unspecified atom stereocenters. The van der Waals surface area contributed by atoms with Gasteiger partial charge in [-0.05, 0) is 43.3 Å². The summed E-state index contributed by atoms with van der Waals surface area (Å²) < 4.78 is 0. The van der Waals surface area contributed by atoms with E-state index in [1.165, 1.54) is 24.3 Å². The third-order valence-electron chi connectivity index (χ3n) is 2.70. The minimum Gasteiger partial charge on any atom is -0.478 e. The summed E-state index contributed by atoms with van der Waals surface area (Å²) in [6, 6.07) is 13.3. The molecule has 19 heavy (non-hydrogen) atoms. The molecule has 0 fully saturated rings. The van der Waals surface area contributed by atoms with Gasteiger partial charge in [-0.3, -0.25) is 4.79 Å². The summed E-state index contributed by atoms with van der Waals surface area (Å²) in [5.74, 6) is -1.27. The highest BCUT2D eigenvalue weighted by molar-refractivity contribution is 6.04. The summed E-state index contributed by atoms with van der Waals surface area (Å²) in [6.07, 6.45) is 0. The van der Waals surface area contributed by atoms with Gasteiger partial charge < -0.3 is 10.4 Å². The van der Waals surface area contributed by atoms with Crippen LogP contribution in [0.1, 0.15) is 26.3 Å². The van der Waals surface area contributed by atoms with Crippen LogP contribution in [0.2, 0.25) is 0 Å². The van der Waals surface area contributed by atoms with Crippen molar-refractivity contribution >= 4 is 17.6 Å². The van der Waals surface area contributed by atoms with Crippen molar-refractivity contribution in [3.8, 4) is 0 Å². The molecule has 0 saturated carbocycles. The van der Waals surface area contributed by atoms with Crippen molar-refractivity contribution in [2.75, 3.05) is 5.32 Å². The maximum Gasteiger partial charge on any atom is 0.335 e. The van der Waals surface area contributed by atoms with Crippen LogP contribution in [-0.2, 0) is 0 Å². The van der Waals surface area contributed by atoms with Gasteiger partial charge >= 0.3 is 5.97 Å². The molecule has 0 atom stereocenters. The molecule has 96 valence electrons. The summed E-state index contributed by atoms with van der Waals surface area (Å²) in [5, 5.41) is 11.5. The monoisotopic (exact) mass is 255 g/mol. The fourth-order valence-corrected chi connectivity index (χ4v) is 1.60. The standard InChI is InChI=1S/C15H13NO3/c1-10-2-8-13(9-3-10)16-14(17)11-4-6-12(7-5-11)15(18)19/h2-9H,1H3,(H,16,17)(H,18,19). The number of nitrogens with one attached hydrogen (secondary N) is 1. The Labute approximate surface area is 110 Å². The molecule has 0 aliphatic carbocycles. The Balaban J connectivity index is 2.11. The predicted octanol–water partition coefficient (Wildman–Crippen LogP) is 2.95. The van der Waals surface area contributed by atoms with Crippen LogP contribution < -0.4 is 5.32 Å². The highest BCUT2D eigenvalue weighted by Crippen LogP contribution is 2.11. The fourth-order valence-electron chi connectivity index (χ4n) is 1.60. The lowest BCUT2D eigenvalue weighted by atomic mass is 10.1. The van der Waals surface area contributed by atoms with Gasteiger partial charge in [-0.25, -0.2) is 4.79 Å². The maximum absolute atomic E-state index is 11.9. The number of amides is 1. The number of carboxylic acid groups (broad SMARTS) is 1. The first-order valence-corrected chi connectivity index (χ1v) is 5.77. The molecular weight excluding hydrogens is 242 g/mol. The Kier molecular flexibility index (Phi) is 3.61. The van der Waals surface area contributed by atoms with Gasteiger partial charge in [-0.2, -0.15) is 0 Å². The number of rotatable bonds is 3. The third-order valence-corrected chi connectivity index (χ3v) is 2.70. The second-order valence-electron chi connectivity index (χ2n) is 4.20. The van der Waals surface area contributed by atoms with Crippen LogP contribution in [-0.4, -0.2) is 17.0 Å². The van der Waals surface area contributed by atoms with E-state index in [1.807, 2.05) is 31.2 Å². The Morgan fingerprint density at radius 1 is 0.895 bits per heavy atom. The second kappa shape index (κ2) is 5.35. The zero-order valence-corrected chi connectivity index (χ0v) is 10.4. The molecular formula is C15H13NO3. The van der Waals surface area contributed by atoms with Crippen LogP contribution >= 0.6 is 0 Å². The van der Waals surface area contributed by atoms with E-state index in [1.54, 1.807) is 0 Å². The van der Waals surface area contributed by atoms with Crippen molar-refractivity contribution in [1.29, 1.82) is 0 Å². The molecule has 0 aliphatic heterocycles. The molecule has 2 aromatic carbocycles. The molecule has 4 nitrogen and oxygen atoms in total. The van der Waals surface area contributed by atoms with E-state index >= 15 is 0 Å². The summed E-state index contributed by atoms with van der Waals surface area (Å²) in [7, 11) is 0. The van der Waals surface area contributed by atoms with Crippen LogP contribution in [0, 0.1) is 6.92 Å². The van der Waals surface area contributed by atoms with E-state index in [-0.39, 0.29) is 11.5 Å². The third kappa shape index (κ3) is 3.19. The van der Waals surface area contributed by atoms with Gasteiger partial charge in [-0.15, -0.1) is 0 Å². The summed E-state index contributed by atoms with van der Waals surface area (Å²) in [5.41, 5.74) is 2.40. The smallest absolute Gasteiger partial charge is 0.335 e. The van der Waals surface area contributed by atoms with E-state index in [2.05, 4.69) is 5.32 Å². The highest BCUT2D eigenvalue weighted by atomic mass is 16.4. The normalized spacial score (nSPS) is 9.95. The van der Waals surface area contributed by atoms with Crippen LogP contribution in [0.4, 0.5) is 5.69 Å². The largest absolute Gasteiger partial charge is 0.478 e. The first kappa shape index (κ1) is 12.8. The van der Waals surface area contributed by atoms with Crippen molar-refractivity contribution in [2.24, 2.45) is 0 Å². The quantitative estimate of drug-likeness (QED) is 0.886. The first-order valence-electron chi connectivity index (χ1n) is 5.77. The topological polar surface area (TPSA) is 66.4 Å². The maximum atomic E-state index is 11.9. The number of carbonyl (C=O) groups is 2. The number of hydrogen-bond donors (Lipinski definition) is 2. The molecule has 0 radical (unpaired) electrons. The van der Waals surface area contributed by atoms with Crippen LogP contribution in [0.3, 0.4) is 0 Å². The molecule has 0 bridgehead atoms. The molecule has 0 saturated heterocycles. The Hall–Kier alpha value is -2.62. The average molecular weight is 255 g/mol. The predicted molar refractivity (Wildman–Crippen MR) is 72.5 cm³/mol. The van der Waals surface area contributed by atoms with Gasteiger partial charge in [0.1, 0.15) is 0 Å². The van der Waals surface area contributed by atoms with Gasteiger partial charge in [0.05, 0.1) is 5.56 Å². The number of hydrogen-bond acceptors (Lipinski definition) is 2. The molecule has 4 heteroatoms. The number of benzene rings is 2. The Bertz CT molecular complexity index is 600. The average Bonchev–Trinajstić information content (AvgIpc) is 2.41. The number of anilines is 1. The van der Waals surface area contributed by atoms with E-state index < -0.39 is 5.97 Å². The molecule has 2 aromatic rings. The zero-order valence-electron chi connectivity index (χ0n) is 10.4. The summed E-state index contributed by atoms with van der Waals surface area (Å²) in [6.45, 7) is 1.97. The lowest BCUT2D eigenvalue weighted by Crippen LogP contribution is -2.12. The minimum atomic E-state index is -1.01. The molecule has 0 heterocycles. The first-order chi connectivity index (χ1) is 9.06. The van der Waals surface area contributed by atoms with E-state index in [4.69, 9.17) is 5.11 Å². The summed E-state index contributed by atoms with van der Waals surface area (Å²) in [4.78, 5) is 22.6.